The van der Waals surface area contributed by atoms with E-state index >= 15 is 0 Å². The average molecular weight is 454 g/mol. The Balaban J connectivity index is 1.36. The summed E-state index contributed by atoms with van der Waals surface area (Å²) in [6, 6.07) is 10.4. The van der Waals surface area contributed by atoms with Gasteiger partial charge >= 0.3 is 0 Å². The van der Waals surface area contributed by atoms with Gasteiger partial charge in [0.15, 0.2) is 5.82 Å². The highest BCUT2D eigenvalue weighted by Gasteiger charge is 2.35. The van der Waals surface area contributed by atoms with E-state index in [-0.39, 0.29) is 37.2 Å². The minimum absolute atomic E-state index is 0.0179. The van der Waals surface area contributed by atoms with E-state index in [1.165, 1.54) is 0 Å². The molecule has 3 aromatic rings. The number of amides is 3. The minimum Gasteiger partial charge on any atom is -0.352 e. The molecule has 8 nitrogen and oxygen atoms in total. The van der Waals surface area contributed by atoms with E-state index in [2.05, 4.69) is 31.3 Å². The SMILES string of the molecule is O=C(CCN1C(=O)c2ccc(Br)cc2C1=O)NCc1cccnc1-n1cccn1. The summed E-state index contributed by atoms with van der Waals surface area (Å²) >= 11 is 3.30. The van der Waals surface area contributed by atoms with Crippen LogP contribution in [0, 0.1) is 0 Å². The minimum atomic E-state index is -0.382. The Bertz CT molecular complexity index is 1100. The van der Waals surface area contributed by atoms with Crippen LogP contribution in [0.4, 0.5) is 0 Å². The number of halogens is 1. The molecule has 0 fully saturated rings. The first kappa shape index (κ1) is 19.0. The monoisotopic (exact) mass is 453 g/mol. The van der Waals surface area contributed by atoms with Crippen LogP contribution < -0.4 is 5.32 Å². The van der Waals surface area contributed by atoms with Gasteiger partial charge in [-0.1, -0.05) is 22.0 Å². The van der Waals surface area contributed by atoms with Crippen LogP contribution in [0.25, 0.3) is 5.82 Å². The third kappa shape index (κ3) is 3.81. The van der Waals surface area contributed by atoms with Gasteiger partial charge in [0.2, 0.25) is 5.91 Å². The Morgan fingerprint density at radius 2 is 1.90 bits per heavy atom. The van der Waals surface area contributed by atoms with E-state index in [0.29, 0.717) is 16.9 Å². The summed E-state index contributed by atoms with van der Waals surface area (Å²) in [6.07, 6.45) is 5.10. The van der Waals surface area contributed by atoms with E-state index in [9.17, 15) is 14.4 Å². The van der Waals surface area contributed by atoms with E-state index in [1.54, 1.807) is 53.6 Å². The van der Waals surface area contributed by atoms with Gasteiger partial charge in [-0.3, -0.25) is 19.3 Å². The molecular weight excluding hydrogens is 438 g/mol. The quantitative estimate of drug-likeness (QED) is 0.577. The number of pyridine rings is 1. The number of benzene rings is 1. The second-order valence-electron chi connectivity index (χ2n) is 6.42. The van der Waals surface area contributed by atoms with E-state index < -0.39 is 0 Å². The largest absolute Gasteiger partial charge is 0.352 e. The van der Waals surface area contributed by atoms with Crippen LogP contribution in [0.15, 0.2) is 59.5 Å². The van der Waals surface area contributed by atoms with Gasteiger partial charge in [-0.2, -0.15) is 5.10 Å². The molecule has 1 aliphatic heterocycles. The van der Waals surface area contributed by atoms with Crippen molar-refractivity contribution in [2.24, 2.45) is 0 Å². The number of aromatic nitrogens is 3. The highest BCUT2D eigenvalue weighted by molar-refractivity contribution is 9.10. The molecule has 146 valence electrons. The topological polar surface area (TPSA) is 97.2 Å². The van der Waals surface area contributed by atoms with Gasteiger partial charge in [-0.25, -0.2) is 9.67 Å². The Morgan fingerprint density at radius 3 is 2.69 bits per heavy atom. The lowest BCUT2D eigenvalue weighted by molar-refractivity contribution is -0.121. The number of hydrogen-bond acceptors (Lipinski definition) is 5. The van der Waals surface area contributed by atoms with Gasteiger partial charge in [-0.05, 0) is 30.3 Å². The second kappa shape index (κ2) is 7.96. The number of nitrogens with one attached hydrogen (secondary N) is 1. The first-order valence-corrected chi connectivity index (χ1v) is 9.70. The number of carbonyl (C=O) groups is 3. The van der Waals surface area contributed by atoms with Crippen LogP contribution in [-0.2, 0) is 11.3 Å². The molecule has 0 unspecified atom stereocenters. The van der Waals surface area contributed by atoms with E-state index in [1.807, 2.05) is 6.07 Å². The molecule has 2 aromatic heterocycles. The maximum atomic E-state index is 12.5. The van der Waals surface area contributed by atoms with Crippen LogP contribution in [-0.4, -0.2) is 43.9 Å². The summed E-state index contributed by atoms with van der Waals surface area (Å²) < 4.78 is 2.35. The standard InChI is InChI=1S/C20H16BrN5O3/c21-14-4-5-15-16(11-14)20(29)25(19(15)28)10-6-17(27)23-12-13-3-1-7-22-18(13)26-9-2-8-24-26/h1-5,7-9,11H,6,10,12H2,(H,23,27). The zero-order valence-electron chi connectivity index (χ0n) is 15.2. The number of hydrogen-bond donors (Lipinski definition) is 1. The number of fused-ring (bicyclic) bond motifs is 1. The summed E-state index contributed by atoms with van der Waals surface area (Å²) in [6.45, 7) is 0.284. The van der Waals surface area contributed by atoms with Gasteiger partial charge in [0.05, 0.1) is 11.1 Å². The van der Waals surface area contributed by atoms with Crippen LogP contribution >= 0.6 is 15.9 Å². The zero-order chi connectivity index (χ0) is 20.4. The van der Waals surface area contributed by atoms with Crippen molar-refractivity contribution < 1.29 is 14.4 Å². The number of imide groups is 1. The van der Waals surface area contributed by atoms with Crippen LogP contribution in [0.3, 0.4) is 0 Å². The highest BCUT2D eigenvalue weighted by atomic mass is 79.9. The van der Waals surface area contributed by atoms with Gasteiger partial charge in [0, 0.05) is 48.1 Å². The van der Waals surface area contributed by atoms with E-state index in [0.717, 1.165) is 14.9 Å². The van der Waals surface area contributed by atoms with Crippen LogP contribution in [0.5, 0.6) is 0 Å². The van der Waals surface area contributed by atoms with Crippen molar-refractivity contribution in [1.82, 2.24) is 25.0 Å². The number of rotatable bonds is 6. The molecule has 0 aliphatic carbocycles. The summed E-state index contributed by atoms with van der Waals surface area (Å²) in [7, 11) is 0. The molecule has 1 N–H and O–H groups in total. The maximum absolute atomic E-state index is 12.5. The molecule has 0 saturated heterocycles. The molecule has 0 atom stereocenters. The smallest absolute Gasteiger partial charge is 0.261 e. The molecule has 4 rings (SSSR count). The fourth-order valence-electron chi connectivity index (χ4n) is 3.13. The van der Waals surface area contributed by atoms with Crippen molar-refractivity contribution >= 4 is 33.7 Å². The van der Waals surface area contributed by atoms with Crippen molar-refractivity contribution in [1.29, 1.82) is 0 Å². The molecule has 9 heteroatoms. The molecule has 1 aliphatic rings. The van der Waals surface area contributed by atoms with Crippen molar-refractivity contribution in [2.45, 2.75) is 13.0 Å². The summed E-state index contributed by atoms with van der Waals surface area (Å²) in [4.78, 5) is 42.6. The molecule has 3 amide bonds. The van der Waals surface area contributed by atoms with Gasteiger partial charge in [-0.15, -0.1) is 0 Å². The fraction of sp³-hybridized carbons (Fsp3) is 0.150. The number of nitrogens with zero attached hydrogens (tertiary/aromatic N) is 4. The van der Waals surface area contributed by atoms with Crippen molar-refractivity contribution in [3.63, 3.8) is 0 Å². The molecule has 0 bridgehead atoms. The third-order valence-corrected chi connectivity index (χ3v) is 5.05. The zero-order valence-corrected chi connectivity index (χ0v) is 16.8. The Labute approximate surface area is 174 Å². The van der Waals surface area contributed by atoms with Crippen LogP contribution in [0.2, 0.25) is 0 Å². The summed E-state index contributed by atoms with van der Waals surface area (Å²) in [5.74, 6) is -0.396. The van der Waals surface area contributed by atoms with Crippen molar-refractivity contribution in [3.05, 3.63) is 76.2 Å². The Kier molecular flexibility index (Phi) is 5.22. The first-order valence-electron chi connectivity index (χ1n) is 8.91. The van der Waals surface area contributed by atoms with Gasteiger partial charge in [0.1, 0.15) is 0 Å². The predicted octanol–water partition coefficient (Wildman–Crippen LogP) is 2.33. The number of carbonyl (C=O) groups excluding carboxylic acids is 3. The lowest BCUT2D eigenvalue weighted by atomic mass is 10.1. The molecule has 0 spiro atoms. The first-order chi connectivity index (χ1) is 14.0. The van der Waals surface area contributed by atoms with E-state index in [4.69, 9.17) is 0 Å². The molecule has 3 heterocycles. The van der Waals surface area contributed by atoms with Crippen molar-refractivity contribution in [2.75, 3.05) is 6.54 Å². The average Bonchev–Trinajstić information content (AvgIpc) is 3.33. The fourth-order valence-corrected chi connectivity index (χ4v) is 3.49. The molecule has 0 saturated carbocycles. The molecule has 29 heavy (non-hydrogen) atoms. The lowest BCUT2D eigenvalue weighted by Gasteiger charge is -2.14. The molecule has 1 aromatic carbocycles. The summed E-state index contributed by atoms with van der Waals surface area (Å²) in [5.41, 5.74) is 1.51. The van der Waals surface area contributed by atoms with Gasteiger partial charge in [0.25, 0.3) is 11.8 Å². The second-order valence-corrected chi connectivity index (χ2v) is 7.33. The Morgan fingerprint density at radius 1 is 1.07 bits per heavy atom. The lowest BCUT2D eigenvalue weighted by Crippen LogP contribution is -2.34. The highest BCUT2D eigenvalue weighted by Crippen LogP contribution is 2.26. The third-order valence-electron chi connectivity index (χ3n) is 4.56. The normalized spacial score (nSPS) is 12.9. The van der Waals surface area contributed by atoms with Crippen LogP contribution in [0.1, 0.15) is 32.7 Å². The Hall–Kier alpha value is -3.33. The maximum Gasteiger partial charge on any atom is 0.261 e. The predicted molar refractivity (Wildman–Crippen MR) is 107 cm³/mol. The molecule has 0 radical (unpaired) electrons. The summed E-state index contributed by atoms with van der Waals surface area (Å²) in [5, 5.41) is 6.97. The molecular formula is C20H16BrN5O3. The van der Waals surface area contributed by atoms with Crippen molar-refractivity contribution in [3.8, 4) is 5.82 Å². The van der Waals surface area contributed by atoms with Gasteiger partial charge < -0.3 is 5.32 Å².